The lowest BCUT2D eigenvalue weighted by atomic mass is 9.97. The molecule has 0 aliphatic carbocycles. The summed E-state index contributed by atoms with van der Waals surface area (Å²) in [5.74, 6) is -2.18. The number of amides is 1. The highest BCUT2D eigenvalue weighted by molar-refractivity contribution is 7.99. The molecule has 0 spiro atoms. The summed E-state index contributed by atoms with van der Waals surface area (Å²) in [6.45, 7) is 1.74. The zero-order valence-corrected chi connectivity index (χ0v) is 24.1. The van der Waals surface area contributed by atoms with Crippen molar-refractivity contribution < 1.29 is 32.3 Å². The predicted octanol–water partition coefficient (Wildman–Crippen LogP) is 8.22. The Bertz CT molecular complexity index is 1940. The van der Waals surface area contributed by atoms with Gasteiger partial charge in [-0.05, 0) is 90.3 Å². The van der Waals surface area contributed by atoms with E-state index in [-0.39, 0.29) is 16.7 Å². The topological polar surface area (TPSA) is 95.1 Å². The Labute approximate surface area is 253 Å². The van der Waals surface area contributed by atoms with E-state index in [1.807, 2.05) is 6.07 Å². The molecule has 0 unspecified atom stereocenters. The number of halogens is 4. The minimum atomic E-state index is -4.47. The number of carboxylic acid groups (broad SMARTS) is 1. The van der Waals surface area contributed by atoms with E-state index in [4.69, 9.17) is 0 Å². The fourth-order valence-corrected chi connectivity index (χ4v) is 5.88. The number of aromatic nitrogens is 1. The summed E-state index contributed by atoms with van der Waals surface area (Å²) >= 11 is 1.19. The van der Waals surface area contributed by atoms with Crippen molar-refractivity contribution in [1.29, 1.82) is 5.26 Å². The van der Waals surface area contributed by atoms with Crippen LogP contribution in [0.1, 0.15) is 50.4 Å². The molecule has 0 fully saturated rings. The Hall–Kier alpha value is -5.08. The number of carbonyl (C=O) groups excluding carboxylic acids is 1. The smallest absolute Gasteiger partial charge is 0.416 e. The fraction of sp³-hybridized carbons (Fsp3) is 0.121. The molecule has 2 N–H and O–H groups in total. The molecule has 0 saturated heterocycles. The first-order valence-corrected chi connectivity index (χ1v) is 14.0. The van der Waals surface area contributed by atoms with Gasteiger partial charge in [-0.2, -0.15) is 18.4 Å². The Balaban J connectivity index is 1.60. The maximum atomic E-state index is 14.4. The van der Waals surface area contributed by atoms with Gasteiger partial charge in [0.15, 0.2) is 0 Å². The van der Waals surface area contributed by atoms with Crippen LogP contribution in [0.2, 0.25) is 0 Å². The van der Waals surface area contributed by atoms with Gasteiger partial charge in [-0.25, -0.2) is 9.18 Å². The summed E-state index contributed by atoms with van der Waals surface area (Å²) in [6, 6.07) is 19.4. The van der Waals surface area contributed by atoms with Gasteiger partial charge < -0.3 is 15.0 Å². The SMILES string of the molecule is C[C@H](NC(=O)c1cc(-c2cc(F)cc(C#N)c2)cc2c1c(Sc1ccc(C(F)(F)F)cc1)cn2C)c1ccc(C(=O)O)cc1. The third-order valence-electron chi connectivity index (χ3n) is 7.07. The summed E-state index contributed by atoms with van der Waals surface area (Å²) in [5.41, 5.74) is 1.77. The molecule has 6 nitrogen and oxygen atoms in total. The second-order valence-corrected chi connectivity index (χ2v) is 11.2. The molecule has 0 saturated carbocycles. The molecule has 5 rings (SSSR count). The van der Waals surface area contributed by atoms with E-state index in [0.29, 0.717) is 37.4 Å². The predicted molar refractivity (Wildman–Crippen MR) is 158 cm³/mol. The number of hydrogen-bond acceptors (Lipinski definition) is 4. The van der Waals surface area contributed by atoms with Crippen LogP contribution < -0.4 is 5.32 Å². The Morgan fingerprint density at radius 3 is 2.25 bits per heavy atom. The fourth-order valence-electron chi connectivity index (χ4n) is 4.83. The summed E-state index contributed by atoms with van der Waals surface area (Å²) in [5, 5.41) is 22.0. The van der Waals surface area contributed by atoms with Gasteiger partial charge in [0.25, 0.3) is 5.91 Å². The molecule has 11 heteroatoms. The largest absolute Gasteiger partial charge is 0.478 e. The standard InChI is InChI=1S/C33H23F4N3O3S/c1-18(20-3-5-21(6-4-20)32(42)43)39-31(41)27-14-23(22-11-19(16-38)12-25(34)13-22)15-28-30(27)29(17-40(28)2)44-26-9-7-24(8-10-26)33(35,36)37/h3-15,17-18H,1-2H3,(H,39,41)(H,42,43)/t18-/m0/s1. The molecule has 0 bridgehead atoms. The van der Waals surface area contributed by atoms with E-state index in [1.165, 1.54) is 48.2 Å². The lowest BCUT2D eigenvalue weighted by Gasteiger charge is -2.17. The molecule has 1 aromatic heterocycles. The molecular formula is C33H23F4N3O3S. The van der Waals surface area contributed by atoms with E-state index >= 15 is 0 Å². The number of alkyl halides is 3. The van der Waals surface area contributed by atoms with Gasteiger partial charge in [0.1, 0.15) is 5.82 Å². The maximum Gasteiger partial charge on any atom is 0.416 e. The number of fused-ring (bicyclic) bond motifs is 1. The first-order valence-electron chi connectivity index (χ1n) is 13.2. The van der Waals surface area contributed by atoms with Gasteiger partial charge in [0.05, 0.1) is 39.9 Å². The van der Waals surface area contributed by atoms with Crippen molar-refractivity contribution in [3.63, 3.8) is 0 Å². The Kier molecular flexibility index (Phi) is 8.21. The van der Waals surface area contributed by atoms with Gasteiger partial charge >= 0.3 is 12.1 Å². The summed E-state index contributed by atoms with van der Waals surface area (Å²) in [4.78, 5) is 26.3. The first-order chi connectivity index (χ1) is 20.8. The summed E-state index contributed by atoms with van der Waals surface area (Å²) in [6.07, 6.45) is -2.72. The quantitative estimate of drug-likeness (QED) is 0.180. The minimum Gasteiger partial charge on any atom is -0.478 e. The van der Waals surface area contributed by atoms with Crippen LogP contribution in [0.5, 0.6) is 0 Å². The van der Waals surface area contributed by atoms with Crippen molar-refractivity contribution in [3.05, 3.63) is 119 Å². The highest BCUT2D eigenvalue weighted by Gasteiger charge is 2.30. The zero-order valence-electron chi connectivity index (χ0n) is 23.2. The van der Waals surface area contributed by atoms with E-state index in [0.717, 1.165) is 18.2 Å². The van der Waals surface area contributed by atoms with Crippen LogP contribution in [0, 0.1) is 17.1 Å². The number of nitriles is 1. The van der Waals surface area contributed by atoms with E-state index < -0.39 is 35.5 Å². The average molecular weight is 618 g/mol. The third kappa shape index (κ3) is 6.31. The van der Waals surface area contributed by atoms with Crippen molar-refractivity contribution in [2.75, 3.05) is 0 Å². The molecule has 222 valence electrons. The van der Waals surface area contributed by atoms with Crippen LogP contribution in [-0.4, -0.2) is 21.6 Å². The number of nitrogens with one attached hydrogen (secondary N) is 1. The van der Waals surface area contributed by atoms with Gasteiger partial charge in [-0.15, -0.1) is 0 Å². The number of aromatic carboxylic acids is 1. The van der Waals surface area contributed by atoms with E-state index in [9.17, 15) is 37.5 Å². The van der Waals surface area contributed by atoms with Crippen LogP contribution in [0.25, 0.3) is 22.0 Å². The van der Waals surface area contributed by atoms with Gasteiger partial charge in [-0.1, -0.05) is 23.9 Å². The highest BCUT2D eigenvalue weighted by atomic mass is 32.2. The second kappa shape index (κ2) is 11.9. The van der Waals surface area contributed by atoms with Crippen molar-refractivity contribution in [1.82, 2.24) is 9.88 Å². The summed E-state index contributed by atoms with van der Waals surface area (Å²) < 4.78 is 55.5. The van der Waals surface area contributed by atoms with Gasteiger partial charge in [0, 0.05) is 28.4 Å². The van der Waals surface area contributed by atoms with Gasteiger partial charge in [-0.3, -0.25) is 4.79 Å². The Morgan fingerprint density at radius 2 is 1.64 bits per heavy atom. The Morgan fingerprint density at radius 1 is 0.977 bits per heavy atom. The van der Waals surface area contributed by atoms with Crippen LogP contribution in [0.15, 0.2) is 94.9 Å². The number of rotatable bonds is 7. The molecule has 1 atom stereocenters. The van der Waals surface area contributed by atoms with Crippen LogP contribution in [0.3, 0.4) is 0 Å². The number of nitrogens with zero attached hydrogens (tertiary/aromatic N) is 2. The minimum absolute atomic E-state index is 0.0998. The molecule has 0 aliphatic heterocycles. The van der Waals surface area contributed by atoms with Gasteiger partial charge in [0.2, 0.25) is 0 Å². The number of aryl methyl sites for hydroxylation is 1. The number of carboxylic acids is 1. The first kappa shape index (κ1) is 30.4. The summed E-state index contributed by atoms with van der Waals surface area (Å²) in [7, 11) is 1.75. The second-order valence-electron chi connectivity index (χ2n) is 10.1. The zero-order chi connectivity index (χ0) is 31.8. The van der Waals surface area contributed by atoms with Crippen LogP contribution >= 0.6 is 11.8 Å². The van der Waals surface area contributed by atoms with Crippen LogP contribution in [0.4, 0.5) is 17.6 Å². The normalized spacial score (nSPS) is 12.1. The average Bonchev–Trinajstić information content (AvgIpc) is 3.30. The molecule has 0 radical (unpaired) electrons. The maximum absolute atomic E-state index is 14.4. The third-order valence-corrected chi connectivity index (χ3v) is 8.11. The molecule has 1 heterocycles. The van der Waals surface area contributed by atoms with E-state index in [1.54, 1.807) is 49.0 Å². The number of hydrogen-bond donors (Lipinski definition) is 2. The van der Waals surface area contributed by atoms with Crippen molar-refractivity contribution >= 4 is 34.5 Å². The van der Waals surface area contributed by atoms with E-state index in [2.05, 4.69) is 5.32 Å². The monoisotopic (exact) mass is 617 g/mol. The molecule has 0 aliphatic rings. The number of carbonyl (C=O) groups is 2. The van der Waals surface area contributed by atoms with Crippen LogP contribution in [-0.2, 0) is 13.2 Å². The van der Waals surface area contributed by atoms with Crippen molar-refractivity contribution in [2.24, 2.45) is 7.05 Å². The lowest BCUT2D eigenvalue weighted by Crippen LogP contribution is -2.27. The molecule has 5 aromatic rings. The molecule has 4 aromatic carbocycles. The molecular weight excluding hydrogens is 594 g/mol. The highest BCUT2D eigenvalue weighted by Crippen LogP contribution is 2.40. The van der Waals surface area contributed by atoms with Crippen molar-refractivity contribution in [3.8, 4) is 17.2 Å². The molecule has 1 amide bonds. The number of benzene rings is 4. The van der Waals surface area contributed by atoms with Crippen molar-refractivity contribution in [2.45, 2.75) is 28.9 Å². The molecule has 44 heavy (non-hydrogen) atoms. The lowest BCUT2D eigenvalue weighted by molar-refractivity contribution is -0.137.